The topological polar surface area (TPSA) is 74.8 Å². The van der Waals surface area contributed by atoms with E-state index in [4.69, 9.17) is 0 Å². The zero-order valence-corrected chi connectivity index (χ0v) is 18.5. The van der Waals surface area contributed by atoms with E-state index in [1.807, 2.05) is 45.0 Å². The lowest BCUT2D eigenvalue weighted by Gasteiger charge is -2.12. The number of H-pyrrole nitrogens is 1. The number of nitrogens with one attached hydrogen (secondary N) is 2. The first-order chi connectivity index (χ1) is 12.8. The molecule has 3 rings (SSSR count). The van der Waals surface area contributed by atoms with Crippen LogP contribution in [0.1, 0.15) is 28.8 Å². The standard InChI is InChI=1S/C19H20BrN3O2S2/c1-10-11(2)27-19-16(10)18(25)22-15(23-19)9-26-12(3)17(24)21-8-13-5-4-6-14(20)7-13/h4-7,12H,8-9H2,1-3H3,(H,21,24)(H,22,23,25). The number of halogens is 1. The number of hydrogen-bond acceptors (Lipinski definition) is 5. The SMILES string of the molecule is Cc1sc2nc(CSC(C)C(=O)NCc3cccc(Br)c3)[nH]c(=O)c2c1C. The summed E-state index contributed by atoms with van der Waals surface area (Å²) in [6, 6.07) is 7.84. The van der Waals surface area contributed by atoms with Gasteiger partial charge in [-0.2, -0.15) is 0 Å². The summed E-state index contributed by atoms with van der Waals surface area (Å²) >= 11 is 6.41. The number of carbonyl (C=O) groups excluding carboxylic acids is 1. The third-order valence-corrected chi connectivity index (χ3v) is 7.03. The number of rotatable bonds is 6. The van der Waals surface area contributed by atoms with E-state index in [2.05, 4.69) is 31.2 Å². The number of thioether (sulfide) groups is 1. The highest BCUT2D eigenvalue weighted by Crippen LogP contribution is 2.26. The second-order valence-corrected chi connectivity index (χ2v) is 9.72. The van der Waals surface area contributed by atoms with E-state index in [0.29, 0.717) is 23.5 Å². The van der Waals surface area contributed by atoms with E-state index in [1.54, 1.807) is 0 Å². The molecule has 1 aromatic carbocycles. The first-order valence-corrected chi connectivity index (χ1v) is 11.1. The van der Waals surface area contributed by atoms with Crippen molar-refractivity contribution in [3.8, 4) is 0 Å². The van der Waals surface area contributed by atoms with Crippen molar-refractivity contribution in [1.29, 1.82) is 0 Å². The van der Waals surface area contributed by atoms with Crippen LogP contribution < -0.4 is 10.9 Å². The Bertz CT molecular complexity index is 1050. The second-order valence-electron chi connectivity index (χ2n) is 6.28. The summed E-state index contributed by atoms with van der Waals surface area (Å²) in [4.78, 5) is 33.9. The molecule has 3 aromatic rings. The highest BCUT2D eigenvalue weighted by molar-refractivity contribution is 9.10. The first-order valence-electron chi connectivity index (χ1n) is 8.48. The summed E-state index contributed by atoms with van der Waals surface area (Å²) in [5.74, 6) is 1.05. The van der Waals surface area contributed by atoms with Crippen LogP contribution in [0.2, 0.25) is 0 Å². The van der Waals surface area contributed by atoms with Gasteiger partial charge in [-0.1, -0.05) is 28.1 Å². The van der Waals surface area contributed by atoms with Crippen LogP contribution in [0.25, 0.3) is 10.2 Å². The summed E-state index contributed by atoms with van der Waals surface area (Å²) in [7, 11) is 0. The average molecular weight is 466 g/mol. The fraction of sp³-hybridized carbons (Fsp3) is 0.316. The van der Waals surface area contributed by atoms with Gasteiger partial charge in [0, 0.05) is 15.9 Å². The molecule has 142 valence electrons. The molecule has 0 radical (unpaired) electrons. The van der Waals surface area contributed by atoms with Crippen LogP contribution >= 0.6 is 39.0 Å². The molecule has 0 fully saturated rings. The fourth-order valence-electron chi connectivity index (χ4n) is 2.63. The van der Waals surface area contributed by atoms with Crippen LogP contribution in [-0.4, -0.2) is 21.1 Å². The van der Waals surface area contributed by atoms with Crippen molar-refractivity contribution in [3.63, 3.8) is 0 Å². The minimum Gasteiger partial charge on any atom is -0.351 e. The number of thiophene rings is 1. The first kappa shape index (κ1) is 20.1. The van der Waals surface area contributed by atoms with Gasteiger partial charge in [-0.25, -0.2) is 4.98 Å². The highest BCUT2D eigenvalue weighted by Gasteiger charge is 2.16. The quantitative estimate of drug-likeness (QED) is 0.568. The Hall–Kier alpha value is -1.64. The van der Waals surface area contributed by atoms with Crippen LogP contribution in [0.15, 0.2) is 33.5 Å². The van der Waals surface area contributed by atoms with Gasteiger partial charge in [0.15, 0.2) is 0 Å². The molecule has 0 aliphatic heterocycles. The van der Waals surface area contributed by atoms with Gasteiger partial charge in [0.25, 0.3) is 5.56 Å². The molecule has 0 aliphatic carbocycles. The number of hydrogen-bond donors (Lipinski definition) is 2. The zero-order valence-electron chi connectivity index (χ0n) is 15.3. The van der Waals surface area contributed by atoms with Crippen molar-refractivity contribution >= 4 is 55.2 Å². The molecule has 0 aliphatic rings. The lowest BCUT2D eigenvalue weighted by atomic mass is 10.2. The molecule has 0 saturated carbocycles. The Kier molecular flexibility index (Phi) is 6.39. The van der Waals surface area contributed by atoms with Crippen molar-refractivity contribution in [1.82, 2.24) is 15.3 Å². The van der Waals surface area contributed by atoms with Crippen LogP contribution in [0, 0.1) is 13.8 Å². The molecule has 2 N–H and O–H groups in total. The molecular formula is C19H20BrN3O2S2. The Balaban J connectivity index is 1.60. The van der Waals surface area contributed by atoms with Crippen molar-refractivity contribution in [2.24, 2.45) is 0 Å². The van der Waals surface area contributed by atoms with Gasteiger partial charge >= 0.3 is 0 Å². The van der Waals surface area contributed by atoms with E-state index in [1.165, 1.54) is 23.1 Å². The monoisotopic (exact) mass is 465 g/mol. The minimum absolute atomic E-state index is 0.0359. The third-order valence-electron chi connectivity index (χ3n) is 4.28. The number of aromatic amines is 1. The van der Waals surface area contributed by atoms with Crippen molar-refractivity contribution in [3.05, 3.63) is 60.9 Å². The van der Waals surface area contributed by atoms with Crippen LogP contribution in [-0.2, 0) is 17.1 Å². The molecule has 2 heterocycles. The van der Waals surface area contributed by atoms with Gasteiger partial charge < -0.3 is 10.3 Å². The number of aromatic nitrogens is 2. The molecule has 1 atom stereocenters. The van der Waals surface area contributed by atoms with E-state index < -0.39 is 0 Å². The fourth-order valence-corrected chi connectivity index (χ4v) is 4.90. The summed E-state index contributed by atoms with van der Waals surface area (Å²) in [6.07, 6.45) is 0. The Morgan fingerprint density at radius 1 is 1.41 bits per heavy atom. The van der Waals surface area contributed by atoms with Crippen LogP contribution in [0.3, 0.4) is 0 Å². The van der Waals surface area contributed by atoms with E-state index >= 15 is 0 Å². The molecule has 2 aromatic heterocycles. The maximum absolute atomic E-state index is 12.3. The smallest absolute Gasteiger partial charge is 0.259 e. The van der Waals surface area contributed by atoms with Gasteiger partial charge in [0.2, 0.25) is 5.91 Å². The Morgan fingerprint density at radius 3 is 2.93 bits per heavy atom. The summed E-state index contributed by atoms with van der Waals surface area (Å²) < 4.78 is 0.987. The highest BCUT2D eigenvalue weighted by atomic mass is 79.9. The van der Waals surface area contributed by atoms with Crippen molar-refractivity contribution in [2.75, 3.05) is 0 Å². The predicted molar refractivity (Wildman–Crippen MR) is 116 cm³/mol. The van der Waals surface area contributed by atoms with E-state index in [0.717, 1.165) is 25.3 Å². The lowest BCUT2D eigenvalue weighted by molar-refractivity contribution is -0.120. The van der Waals surface area contributed by atoms with Crippen molar-refractivity contribution < 1.29 is 4.79 Å². The lowest BCUT2D eigenvalue weighted by Crippen LogP contribution is -2.30. The Morgan fingerprint density at radius 2 is 2.19 bits per heavy atom. The number of nitrogens with zero attached hydrogens (tertiary/aromatic N) is 1. The summed E-state index contributed by atoms with van der Waals surface area (Å²) in [5, 5.41) is 3.37. The largest absolute Gasteiger partial charge is 0.351 e. The maximum Gasteiger partial charge on any atom is 0.259 e. The average Bonchev–Trinajstić information content (AvgIpc) is 2.92. The van der Waals surface area contributed by atoms with Gasteiger partial charge in [-0.3, -0.25) is 9.59 Å². The number of aryl methyl sites for hydroxylation is 2. The molecule has 1 amide bonds. The summed E-state index contributed by atoms with van der Waals surface area (Å²) in [6.45, 7) is 6.28. The number of fused-ring (bicyclic) bond motifs is 1. The molecule has 27 heavy (non-hydrogen) atoms. The van der Waals surface area contributed by atoms with Gasteiger partial charge in [-0.05, 0) is 44.0 Å². The maximum atomic E-state index is 12.3. The Labute approximate surface area is 174 Å². The van der Waals surface area contributed by atoms with Gasteiger partial charge in [-0.15, -0.1) is 23.1 Å². The van der Waals surface area contributed by atoms with E-state index in [-0.39, 0.29) is 16.7 Å². The third kappa shape index (κ3) is 4.80. The normalized spacial score (nSPS) is 12.3. The number of benzene rings is 1. The minimum atomic E-state index is -0.245. The second kappa shape index (κ2) is 8.58. The summed E-state index contributed by atoms with van der Waals surface area (Å²) in [5.41, 5.74) is 1.92. The van der Waals surface area contributed by atoms with E-state index in [9.17, 15) is 9.59 Å². The predicted octanol–water partition coefficient (Wildman–Crippen LogP) is 4.30. The molecule has 0 saturated heterocycles. The van der Waals surface area contributed by atoms with Gasteiger partial charge in [0.05, 0.1) is 16.4 Å². The molecule has 5 nitrogen and oxygen atoms in total. The molecular weight excluding hydrogens is 446 g/mol. The van der Waals surface area contributed by atoms with Gasteiger partial charge in [0.1, 0.15) is 10.7 Å². The number of carbonyl (C=O) groups is 1. The molecule has 0 spiro atoms. The van der Waals surface area contributed by atoms with Crippen LogP contribution in [0.4, 0.5) is 0 Å². The van der Waals surface area contributed by atoms with Crippen LogP contribution in [0.5, 0.6) is 0 Å². The van der Waals surface area contributed by atoms with Crippen molar-refractivity contribution in [2.45, 2.75) is 38.3 Å². The molecule has 0 bridgehead atoms. The number of amides is 1. The zero-order chi connectivity index (χ0) is 19.6. The molecule has 1 unspecified atom stereocenters. The molecule has 8 heteroatoms.